The van der Waals surface area contributed by atoms with Crippen LogP contribution in [-0.4, -0.2) is 4.98 Å². The zero-order valence-electron chi connectivity index (χ0n) is 9.43. The molecule has 18 heavy (non-hydrogen) atoms. The second kappa shape index (κ2) is 5.52. The molecule has 0 bridgehead atoms. The summed E-state index contributed by atoms with van der Waals surface area (Å²) in [6.45, 7) is 0.378. The van der Waals surface area contributed by atoms with E-state index in [-0.39, 0.29) is 0 Å². The Morgan fingerprint density at radius 1 is 1.33 bits per heavy atom. The first kappa shape index (κ1) is 12.4. The van der Waals surface area contributed by atoms with Crippen molar-refractivity contribution in [2.24, 2.45) is 0 Å². The highest BCUT2D eigenvalue weighted by Crippen LogP contribution is 2.23. The lowest BCUT2D eigenvalue weighted by molar-refractivity contribution is 0.307. The highest BCUT2D eigenvalue weighted by molar-refractivity contribution is 9.10. The molecule has 0 fully saturated rings. The fraction of sp³-hybridized carbons (Fsp3) is 0.0769. The molecule has 0 spiro atoms. The van der Waals surface area contributed by atoms with E-state index in [1.54, 1.807) is 30.6 Å². The number of hydrogen-bond donors (Lipinski definition) is 1. The third kappa shape index (κ3) is 2.99. The molecule has 0 radical (unpaired) electrons. The maximum atomic E-state index is 8.73. The van der Waals surface area contributed by atoms with Crippen molar-refractivity contribution < 1.29 is 4.74 Å². The molecular weight excluding hydrogens is 294 g/mol. The van der Waals surface area contributed by atoms with Crippen LogP contribution in [0.25, 0.3) is 0 Å². The van der Waals surface area contributed by atoms with Crippen LogP contribution in [0.1, 0.15) is 11.1 Å². The zero-order chi connectivity index (χ0) is 13.0. The molecule has 0 amide bonds. The third-order valence-electron chi connectivity index (χ3n) is 2.29. The van der Waals surface area contributed by atoms with Gasteiger partial charge in [-0.25, -0.2) is 0 Å². The Morgan fingerprint density at radius 2 is 2.17 bits per heavy atom. The summed E-state index contributed by atoms with van der Waals surface area (Å²) in [5, 5.41) is 8.73. The predicted molar refractivity (Wildman–Crippen MR) is 71.8 cm³/mol. The quantitative estimate of drug-likeness (QED) is 0.885. The molecule has 1 aromatic heterocycles. The fourth-order valence-electron chi connectivity index (χ4n) is 1.45. The van der Waals surface area contributed by atoms with E-state index in [4.69, 9.17) is 15.7 Å². The average Bonchev–Trinajstić information content (AvgIpc) is 2.37. The minimum Gasteiger partial charge on any atom is -0.487 e. The van der Waals surface area contributed by atoms with E-state index in [1.807, 2.05) is 12.1 Å². The van der Waals surface area contributed by atoms with Gasteiger partial charge in [-0.15, -0.1) is 0 Å². The maximum absolute atomic E-state index is 8.73. The molecule has 5 heteroatoms. The van der Waals surface area contributed by atoms with Crippen molar-refractivity contribution in [1.29, 1.82) is 5.26 Å². The molecule has 2 rings (SSSR count). The molecule has 2 N–H and O–H groups in total. The Bertz CT molecular complexity index is 607. The molecule has 0 aliphatic rings. The first-order valence-corrected chi connectivity index (χ1v) is 6.00. The van der Waals surface area contributed by atoms with Crippen LogP contribution < -0.4 is 10.5 Å². The van der Waals surface area contributed by atoms with Crippen LogP contribution in [-0.2, 0) is 6.61 Å². The summed E-state index contributed by atoms with van der Waals surface area (Å²) in [5.41, 5.74) is 7.70. The van der Waals surface area contributed by atoms with Crippen LogP contribution in [0.4, 0.5) is 5.69 Å². The van der Waals surface area contributed by atoms with E-state index in [0.29, 0.717) is 23.6 Å². The van der Waals surface area contributed by atoms with Gasteiger partial charge in [-0.2, -0.15) is 5.26 Å². The van der Waals surface area contributed by atoms with Crippen LogP contribution in [0.3, 0.4) is 0 Å². The van der Waals surface area contributed by atoms with E-state index in [2.05, 4.69) is 20.9 Å². The summed E-state index contributed by atoms with van der Waals surface area (Å²) in [6.07, 6.45) is 3.43. The van der Waals surface area contributed by atoms with Gasteiger partial charge in [-0.3, -0.25) is 4.98 Å². The van der Waals surface area contributed by atoms with Gasteiger partial charge in [0.25, 0.3) is 0 Å². The Labute approximate surface area is 113 Å². The van der Waals surface area contributed by atoms with Gasteiger partial charge in [0.15, 0.2) is 0 Å². The lowest BCUT2D eigenvalue weighted by Crippen LogP contribution is -1.99. The van der Waals surface area contributed by atoms with Gasteiger partial charge < -0.3 is 10.5 Å². The van der Waals surface area contributed by atoms with Crippen LogP contribution in [0.5, 0.6) is 5.75 Å². The number of nitriles is 1. The number of benzene rings is 1. The van der Waals surface area contributed by atoms with Crippen LogP contribution in [0.2, 0.25) is 0 Å². The molecular formula is C13H10BrN3O. The predicted octanol–water partition coefficient (Wildman–Crippen LogP) is 2.88. The maximum Gasteiger partial charge on any atom is 0.142 e. The Hall–Kier alpha value is -2.06. The van der Waals surface area contributed by atoms with Crippen molar-refractivity contribution in [3.8, 4) is 11.8 Å². The molecule has 2 aromatic rings. The van der Waals surface area contributed by atoms with Crippen LogP contribution in [0.15, 0.2) is 41.1 Å². The van der Waals surface area contributed by atoms with Gasteiger partial charge in [0, 0.05) is 22.4 Å². The van der Waals surface area contributed by atoms with Gasteiger partial charge in [0.2, 0.25) is 0 Å². The number of nitrogens with zero attached hydrogens (tertiary/aromatic N) is 2. The summed E-state index contributed by atoms with van der Waals surface area (Å²) >= 11 is 3.34. The number of nitrogens with two attached hydrogens (primary N) is 1. The first-order chi connectivity index (χ1) is 8.69. The van der Waals surface area contributed by atoms with Crippen molar-refractivity contribution in [3.63, 3.8) is 0 Å². The normalized spacial score (nSPS) is 9.78. The van der Waals surface area contributed by atoms with Crippen molar-refractivity contribution in [2.75, 3.05) is 5.73 Å². The van der Waals surface area contributed by atoms with E-state index in [9.17, 15) is 0 Å². The molecule has 0 aliphatic heterocycles. The minimum atomic E-state index is 0.378. The standard InChI is InChI=1S/C13H10BrN3O/c14-11-3-10(6-17-7-11)8-18-13-2-1-9(5-15)4-12(13)16/h1-4,6-7H,8,16H2. The van der Waals surface area contributed by atoms with Gasteiger partial charge in [-0.05, 0) is 40.2 Å². The van der Waals surface area contributed by atoms with Crippen LogP contribution >= 0.6 is 15.9 Å². The van der Waals surface area contributed by atoms with E-state index >= 15 is 0 Å². The molecule has 0 saturated heterocycles. The Balaban J connectivity index is 2.09. The summed E-state index contributed by atoms with van der Waals surface area (Å²) < 4.78 is 6.48. The molecule has 0 unspecified atom stereocenters. The fourth-order valence-corrected chi connectivity index (χ4v) is 1.86. The second-order valence-electron chi connectivity index (χ2n) is 3.66. The van der Waals surface area contributed by atoms with Crippen molar-refractivity contribution in [1.82, 2.24) is 4.98 Å². The number of halogens is 1. The molecule has 1 aromatic carbocycles. The zero-order valence-corrected chi connectivity index (χ0v) is 11.0. The third-order valence-corrected chi connectivity index (χ3v) is 2.73. The summed E-state index contributed by atoms with van der Waals surface area (Å²) in [5.74, 6) is 0.564. The molecule has 0 atom stereocenters. The number of aromatic nitrogens is 1. The van der Waals surface area contributed by atoms with Crippen molar-refractivity contribution in [3.05, 3.63) is 52.3 Å². The number of pyridine rings is 1. The monoisotopic (exact) mass is 303 g/mol. The average molecular weight is 304 g/mol. The van der Waals surface area contributed by atoms with Gasteiger partial charge >= 0.3 is 0 Å². The van der Waals surface area contributed by atoms with Gasteiger partial charge in [-0.1, -0.05) is 0 Å². The number of hydrogen-bond acceptors (Lipinski definition) is 4. The lowest BCUT2D eigenvalue weighted by atomic mass is 10.2. The van der Waals surface area contributed by atoms with E-state index < -0.39 is 0 Å². The van der Waals surface area contributed by atoms with E-state index in [0.717, 1.165) is 10.0 Å². The Kier molecular flexibility index (Phi) is 3.80. The van der Waals surface area contributed by atoms with E-state index in [1.165, 1.54) is 0 Å². The number of ether oxygens (including phenoxy) is 1. The molecule has 1 heterocycles. The second-order valence-corrected chi connectivity index (χ2v) is 4.58. The lowest BCUT2D eigenvalue weighted by Gasteiger charge is -2.09. The van der Waals surface area contributed by atoms with Gasteiger partial charge in [0.05, 0.1) is 17.3 Å². The Morgan fingerprint density at radius 3 is 2.83 bits per heavy atom. The summed E-state index contributed by atoms with van der Waals surface area (Å²) in [7, 11) is 0. The highest BCUT2D eigenvalue weighted by atomic mass is 79.9. The molecule has 4 nitrogen and oxygen atoms in total. The first-order valence-electron chi connectivity index (χ1n) is 5.21. The molecule has 0 saturated carbocycles. The van der Waals surface area contributed by atoms with Gasteiger partial charge in [0.1, 0.15) is 12.4 Å². The topological polar surface area (TPSA) is 71.9 Å². The molecule has 90 valence electrons. The number of rotatable bonds is 3. The van der Waals surface area contributed by atoms with Crippen molar-refractivity contribution >= 4 is 21.6 Å². The SMILES string of the molecule is N#Cc1ccc(OCc2cncc(Br)c2)c(N)c1. The minimum absolute atomic E-state index is 0.378. The summed E-state index contributed by atoms with van der Waals surface area (Å²) in [6, 6.07) is 8.90. The molecule has 0 aliphatic carbocycles. The number of nitrogen functional groups attached to an aromatic ring is 1. The summed E-state index contributed by atoms with van der Waals surface area (Å²) in [4.78, 5) is 4.05. The van der Waals surface area contributed by atoms with Crippen LogP contribution in [0, 0.1) is 11.3 Å². The smallest absolute Gasteiger partial charge is 0.142 e. The van der Waals surface area contributed by atoms with Crippen molar-refractivity contribution in [2.45, 2.75) is 6.61 Å². The largest absolute Gasteiger partial charge is 0.487 e. The highest BCUT2D eigenvalue weighted by Gasteiger charge is 2.03. The number of anilines is 1.